The second-order valence-corrected chi connectivity index (χ2v) is 5.07. The van der Waals surface area contributed by atoms with Crippen LogP contribution in [0.3, 0.4) is 0 Å². The Balaban J connectivity index is 2.07. The molecule has 6 heteroatoms. The first kappa shape index (κ1) is 15.4. The third kappa shape index (κ3) is 4.53. The van der Waals surface area contributed by atoms with Crippen LogP contribution in [0.5, 0.6) is 0 Å². The Hall–Kier alpha value is -1.95. The van der Waals surface area contributed by atoms with Gasteiger partial charge in [-0.05, 0) is 37.0 Å². The van der Waals surface area contributed by atoms with Crippen LogP contribution in [0.15, 0.2) is 24.3 Å². The molecule has 1 aliphatic heterocycles. The highest BCUT2D eigenvalue weighted by Crippen LogP contribution is 2.17. The molecule has 1 atom stereocenters. The number of carbonyl (C=O) groups excluding carboxylic acids is 1. The topological polar surface area (TPSA) is 66.8 Å². The van der Waals surface area contributed by atoms with Crippen LogP contribution in [0.1, 0.15) is 24.8 Å². The van der Waals surface area contributed by atoms with Gasteiger partial charge in [0.15, 0.2) is 0 Å². The maximum absolute atomic E-state index is 12.9. The van der Waals surface area contributed by atoms with E-state index in [0.717, 1.165) is 12.8 Å². The van der Waals surface area contributed by atoms with E-state index in [1.165, 1.54) is 17.0 Å². The SMILES string of the molecule is O=C(O)CN(Cc1ccc(F)cc1)C(=O)C1CCCCO1. The van der Waals surface area contributed by atoms with Gasteiger partial charge in [0.25, 0.3) is 5.91 Å². The summed E-state index contributed by atoms with van der Waals surface area (Å²) in [6, 6.07) is 5.66. The molecule has 0 bridgehead atoms. The third-order valence-corrected chi connectivity index (χ3v) is 3.38. The van der Waals surface area contributed by atoms with Gasteiger partial charge in [0, 0.05) is 13.2 Å². The van der Waals surface area contributed by atoms with Crippen molar-refractivity contribution in [2.75, 3.05) is 13.2 Å². The van der Waals surface area contributed by atoms with Crippen LogP contribution in [-0.2, 0) is 20.9 Å². The molecular formula is C15H18FNO4. The molecule has 0 aliphatic carbocycles. The fraction of sp³-hybridized carbons (Fsp3) is 0.467. The molecule has 1 saturated heterocycles. The quantitative estimate of drug-likeness (QED) is 0.899. The number of nitrogens with zero attached hydrogens (tertiary/aromatic N) is 1. The van der Waals surface area contributed by atoms with Gasteiger partial charge < -0.3 is 14.7 Å². The van der Waals surface area contributed by atoms with Crippen molar-refractivity contribution in [3.8, 4) is 0 Å². The minimum absolute atomic E-state index is 0.130. The normalized spacial score (nSPS) is 18.2. The molecule has 1 N–H and O–H groups in total. The number of amides is 1. The summed E-state index contributed by atoms with van der Waals surface area (Å²) < 4.78 is 18.3. The molecule has 1 heterocycles. The summed E-state index contributed by atoms with van der Waals surface area (Å²) in [5.74, 6) is -1.77. The van der Waals surface area contributed by atoms with Crippen molar-refractivity contribution in [2.24, 2.45) is 0 Å². The zero-order chi connectivity index (χ0) is 15.2. The Morgan fingerprint density at radius 1 is 1.29 bits per heavy atom. The first-order chi connectivity index (χ1) is 10.1. The van der Waals surface area contributed by atoms with Gasteiger partial charge in [-0.3, -0.25) is 9.59 Å². The van der Waals surface area contributed by atoms with Crippen molar-refractivity contribution in [3.63, 3.8) is 0 Å². The van der Waals surface area contributed by atoms with Crippen molar-refractivity contribution in [1.82, 2.24) is 4.90 Å². The number of hydrogen-bond acceptors (Lipinski definition) is 3. The standard InChI is InChI=1S/C15H18FNO4/c16-12-6-4-11(5-7-12)9-17(10-14(18)19)15(20)13-3-1-2-8-21-13/h4-7,13H,1-3,8-10H2,(H,18,19). The molecule has 1 aromatic rings. The summed E-state index contributed by atoms with van der Waals surface area (Å²) in [6.45, 7) is 0.259. The van der Waals surface area contributed by atoms with E-state index in [-0.39, 0.29) is 18.3 Å². The number of rotatable bonds is 5. The fourth-order valence-corrected chi connectivity index (χ4v) is 2.32. The number of carbonyl (C=O) groups is 2. The highest BCUT2D eigenvalue weighted by atomic mass is 19.1. The minimum Gasteiger partial charge on any atom is -0.480 e. The molecule has 0 spiro atoms. The zero-order valence-corrected chi connectivity index (χ0v) is 11.6. The highest BCUT2D eigenvalue weighted by molar-refractivity contribution is 5.84. The first-order valence-corrected chi connectivity index (χ1v) is 6.93. The molecule has 114 valence electrons. The molecule has 21 heavy (non-hydrogen) atoms. The van der Waals surface area contributed by atoms with Crippen molar-refractivity contribution in [3.05, 3.63) is 35.6 Å². The average Bonchev–Trinajstić information content (AvgIpc) is 2.48. The Kier molecular flexibility index (Phi) is 5.27. The summed E-state index contributed by atoms with van der Waals surface area (Å²) in [5, 5.41) is 8.96. The van der Waals surface area contributed by atoms with E-state index in [9.17, 15) is 14.0 Å². The van der Waals surface area contributed by atoms with Gasteiger partial charge >= 0.3 is 5.97 Å². The number of benzene rings is 1. The maximum atomic E-state index is 12.9. The predicted octanol–water partition coefficient (Wildman–Crippen LogP) is 1.81. The van der Waals surface area contributed by atoms with Crippen LogP contribution < -0.4 is 0 Å². The van der Waals surface area contributed by atoms with Gasteiger partial charge in [-0.2, -0.15) is 0 Å². The summed E-state index contributed by atoms with van der Waals surface area (Å²) in [7, 11) is 0. The number of aliphatic carboxylic acids is 1. The van der Waals surface area contributed by atoms with E-state index in [1.807, 2.05) is 0 Å². The first-order valence-electron chi connectivity index (χ1n) is 6.93. The second-order valence-electron chi connectivity index (χ2n) is 5.07. The van der Waals surface area contributed by atoms with Gasteiger partial charge in [-0.15, -0.1) is 0 Å². The Bertz CT molecular complexity index is 497. The van der Waals surface area contributed by atoms with Crippen LogP contribution in [0.4, 0.5) is 4.39 Å². The number of carboxylic acids is 1. The lowest BCUT2D eigenvalue weighted by atomic mass is 10.1. The minimum atomic E-state index is -1.08. The lowest BCUT2D eigenvalue weighted by Gasteiger charge is -2.28. The molecule has 1 amide bonds. The van der Waals surface area contributed by atoms with E-state index in [0.29, 0.717) is 18.6 Å². The largest absolute Gasteiger partial charge is 0.480 e. The molecule has 0 radical (unpaired) electrons. The van der Waals surface area contributed by atoms with E-state index < -0.39 is 18.6 Å². The van der Waals surface area contributed by atoms with E-state index >= 15 is 0 Å². The van der Waals surface area contributed by atoms with Gasteiger partial charge in [0.05, 0.1) is 0 Å². The predicted molar refractivity (Wildman–Crippen MR) is 73.0 cm³/mol. The Morgan fingerprint density at radius 2 is 2.00 bits per heavy atom. The summed E-state index contributed by atoms with van der Waals surface area (Å²) in [5.41, 5.74) is 0.682. The van der Waals surface area contributed by atoms with Gasteiger partial charge in [-0.1, -0.05) is 12.1 Å². The third-order valence-electron chi connectivity index (χ3n) is 3.38. The number of carboxylic acid groups (broad SMARTS) is 1. The lowest BCUT2D eigenvalue weighted by molar-refractivity contribution is -0.153. The Labute approximate surface area is 122 Å². The number of ether oxygens (including phenoxy) is 1. The molecule has 1 aromatic carbocycles. The van der Waals surface area contributed by atoms with Gasteiger partial charge in [-0.25, -0.2) is 4.39 Å². The Morgan fingerprint density at radius 3 is 2.57 bits per heavy atom. The fourth-order valence-electron chi connectivity index (χ4n) is 2.32. The van der Waals surface area contributed by atoms with Crippen molar-refractivity contribution >= 4 is 11.9 Å². The second kappa shape index (κ2) is 7.17. The molecule has 1 aliphatic rings. The van der Waals surface area contributed by atoms with Crippen LogP contribution in [-0.4, -0.2) is 41.1 Å². The monoisotopic (exact) mass is 295 g/mol. The van der Waals surface area contributed by atoms with E-state index in [2.05, 4.69) is 0 Å². The summed E-state index contributed by atoms with van der Waals surface area (Å²) in [6.07, 6.45) is 1.85. The molecule has 0 saturated carbocycles. The smallest absolute Gasteiger partial charge is 0.323 e. The van der Waals surface area contributed by atoms with Gasteiger partial charge in [0.2, 0.25) is 0 Å². The molecular weight excluding hydrogens is 277 g/mol. The van der Waals surface area contributed by atoms with Crippen molar-refractivity contribution < 1.29 is 23.8 Å². The van der Waals surface area contributed by atoms with Crippen molar-refractivity contribution in [2.45, 2.75) is 31.9 Å². The van der Waals surface area contributed by atoms with Crippen molar-refractivity contribution in [1.29, 1.82) is 0 Å². The zero-order valence-electron chi connectivity index (χ0n) is 11.6. The summed E-state index contributed by atoms with van der Waals surface area (Å²) in [4.78, 5) is 24.6. The summed E-state index contributed by atoms with van der Waals surface area (Å²) >= 11 is 0. The van der Waals surface area contributed by atoms with Gasteiger partial charge in [0.1, 0.15) is 18.5 Å². The molecule has 1 unspecified atom stereocenters. The molecule has 2 rings (SSSR count). The van der Waals surface area contributed by atoms with E-state index in [4.69, 9.17) is 9.84 Å². The molecule has 5 nitrogen and oxygen atoms in total. The maximum Gasteiger partial charge on any atom is 0.323 e. The van der Waals surface area contributed by atoms with E-state index in [1.54, 1.807) is 12.1 Å². The van der Waals surface area contributed by atoms with Crippen LogP contribution in [0.25, 0.3) is 0 Å². The highest BCUT2D eigenvalue weighted by Gasteiger charge is 2.28. The molecule has 0 aromatic heterocycles. The van der Waals surface area contributed by atoms with Crippen LogP contribution in [0, 0.1) is 5.82 Å². The number of hydrogen-bond donors (Lipinski definition) is 1. The van der Waals surface area contributed by atoms with Crippen LogP contribution >= 0.6 is 0 Å². The average molecular weight is 295 g/mol. The number of halogens is 1. The lowest BCUT2D eigenvalue weighted by Crippen LogP contribution is -2.43. The van der Waals surface area contributed by atoms with Crippen LogP contribution in [0.2, 0.25) is 0 Å². The molecule has 1 fully saturated rings.